The maximum atomic E-state index is 12.2. The zero-order chi connectivity index (χ0) is 21.5. The fourth-order valence-corrected chi connectivity index (χ4v) is 3.16. The average Bonchev–Trinajstić information content (AvgIpc) is 2.63. The number of rotatable bonds is 4. The van der Waals surface area contributed by atoms with E-state index >= 15 is 0 Å². The highest BCUT2D eigenvalue weighted by Gasteiger charge is 2.18. The van der Waals surface area contributed by atoms with Gasteiger partial charge in [0.1, 0.15) is 5.69 Å². The predicted molar refractivity (Wildman–Crippen MR) is 109 cm³/mol. The van der Waals surface area contributed by atoms with Gasteiger partial charge in [-0.1, -0.05) is 37.0 Å². The summed E-state index contributed by atoms with van der Waals surface area (Å²) < 4.78 is 8.09. The van der Waals surface area contributed by atoms with Crippen LogP contribution in [0.4, 0.5) is 0 Å². The summed E-state index contributed by atoms with van der Waals surface area (Å²) in [4.78, 5) is 42.1. The Balaban J connectivity index is 2.06. The van der Waals surface area contributed by atoms with E-state index in [1.807, 2.05) is 13.8 Å². The molecule has 0 spiro atoms. The monoisotopic (exact) mass is 437 g/mol. The fraction of sp³-hybridized carbons (Fsp3) is 0.278. The quantitative estimate of drug-likeness (QED) is 0.670. The Labute approximate surface area is 174 Å². The van der Waals surface area contributed by atoms with Crippen LogP contribution in [0.3, 0.4) is 0 Å². The summed E-state index contributed by atoms with van der Waals surface area (Å²) in [5.74, 6) is 0.151. The third-order valence-corrected chi connectivity index (χ3v) is 4.64. The van der Waals surface area contributed by atoms with Crippen molar-refractivity contribution in [3.63, 3.8) is 0 Å². The minimum absolute atomic E-state index is 0.0234. The van der Waals surface area contributed by atoms with Crippen LogP contribution in [0.5, 0.6) is 11.6 Å². The summed E-state index contributed by atoms with van der Waals surface area (Å²) in [7, 11) is 2.99. The molecule has 0 atom stereocenters. The molecule has 0 amide bonds. The lowest BCUT2D eigenvalue weighted by atomic mass is 10.1. The highest BCUT2D eigenvalue weighted by Crippen LogP contribution is 2.38. The number of nitrogens with zero attached hydrogens (tertiary/aromatic N) is 4. The van der Waals surface area contributed by atoms with Crippen molar-refractivity contribution < 1.29 is 4.74 Å². The molecule has 29 heavy (non-hydrogen) atoms. The van der Waals surface area contributed by atoms with Crippen LogP contribution in [-0.2, 0) is 14.1 Å². The van der Waals surface area contributed by atoms with Crippen molar-refractivity contribution in [1.29, 1.82) is 0 Å². The van der Waals surface area contributed by atoms with Crippen molar-refractivity contribution in [3.05, 3.63) is 65.3 Å². The lowest BCUT2D eigenvalue weighted by Crippen LogP contribution is -2.31. The van der Waals surface area contributed by atoms with Crippen LogP contribution in [0.15, 0.2) is 32.7 Å². The number of aryl methyl sites for hydroxylation is 2. The second-order valence-corrected chi connectivity index (χ2v) is 7.45. The molecule has 11 heteroatoms. The molecule has 2 heterocycles. The fourth-order valence-electron chi connectivity index (χ4n) is 2.59. The van der Waals surface area contributed by atoms with E-state index < -0.39 is 11.2 Å². The molecule has 1 aromatic carbocycles. The SMILES string of the molecule is CC(C)c1nc(Oc2c(Cl)cc(-c3nn(C)c(=O)[nH]c3=O)cc2Cl)cn(C)c1=O. The first-order valence-corrected chi connectivity index (χ1v) is 9.26. The molecule has 0 radical (unpaired) electrons. The van der Waals surface area contributed by atoms with Gasteiger partial charge in [0, 0.05) is 25.6 Å². The van der Waals surface area contributed by atoms with E-state index in [0.29, 0.717) is 11.3 Å². The van der Waals surface area contributed by atoms with Crippen LogP contribution >= 0.6 is 23.2 Å². The molecular formula is C18H17Cl2N5O4. The van der Waals surface area contributed by atoms with Crippen molar-refractivity contribution >= 4 is 23.2 Å². The summed E-state index contributed by atoms with van der Waals surface area (Å²) in [6.45, 7) is 3.69. The zero-order valence-corrected chi connectivity index (χ0v) is 17.5. The van der Waals surface area contributed by atoms with Gasteiger partial charge in [-0.05, 0) is 12.1 Å². The number of hydrogen-bond acceptors (Lipinski definition) is 6. The standard InChI is InChI=1S/C18H17Cl2N5O4/c1-8(2)13-17(27)24(3)7-12(21-13)29-15-10(19)5-9(6-11(15)20)14-16(26)22-18(28)25(4)23-14/h5-8H,1-4H3,(H,22,26,28). The van der Waals surface area contributed by atoms with E-state index in [4.69, 9.17) is 27.9 Å². The number of aromatic amines is 1. The second-order valence-electron chi connectivity index (χ2n) is 6.64. The first kappa shape index (κ1) is 20.8. The van der Waals surface area contributed by atoms with Crippen molar-refractivity contribution in [2.45, 2.75) is 19.8 Å². The van der Waals surface area contributed by atoms with E-state index in [9.17, 15) is 14.4 Å². The number of halogens is 2. The van der Waals surface area contributed by atoms with Crippen LogP contribution < -0.4 is 21.5 Å². The molecule has 9 nitrogen and oxygen atoms in total. The molecule has 152 valence electrons. The third kappa shape index (κ3) is 4.10. The summed E-state index contributed by atoms with van der Waals surface area (Å²) in [6.07, 6.45) is 1.42. The summed E-state index contributed by atoms with van der Waals surface area (Å²) >= 11 is 12.6. The molecule has 2 aromatic heterocycles. The van der Waals surface area contributed by atoms with E-state index in [2.05, 4.69) is 15.1 Å². The number of H-pyrrole nitrogens is 1. The van der Waals surface area contributed by atoms with Gasteiger partial charge >= 0.3 is 5.69 Å². The number of ether oxygens (including phenoxy) is 1. The summed E-state index contributed by atoms with van der Waals surface area (Å²) in [5.41, 5.74) is -0.909. The smallest absolute Gasteiger partial charge is 0.344 e. The Morgan fingerprint density at radius 1 is 1.10 bits per heavy atom. The Morgan fingerprint density at radius 3 is 2.31 bits per heavy atom. The first-order chi connectivity index (χ1) is 13.6. The topological polar surface area (TPSA) is 112 Å². The molecule has 0 bridgehead atoms. The number of nitrogens with one attached hydrogen (secondary N) is 1. The normalized spacial score (nSPS) is 11.1. The van der Waals surface area contributed by atoms with Gasteiger partial charge in [-0.2, -0.15) is 5.10 Å². The Hall–Kier alpha value is -2.91. The van der Waals surface area contributed by atoms with Crippen LogP contribution in [0.25, 0.3) is 11.3 Å². The average molecular weight is 438 g/mol. The van der Waals surface area contributed by atoms with Crippen molar-refractivity contribution in [2.75, 3.05) is 0 Å². The molecule has 3 aromatic rings. The van der Waals surface area contributed by atoms with E-state index in [1.165, 1.54) is 29.9 Å². The van der Waals surface area contributed by atoms with E-state index in [0.717, 1.165) is 4.68 Å². The highest BCUT2D eigenvalue weighted by atomic mass is 35.5. The maximum absolute atomic E-state index is 12.2. The molecule has 1 N–H and O–H groups in total. The second kappa shape index (κ2) is 7.84. The van der Waals surface area contributed by atoms with Crippen LogP contribution in [-0.4, -0.2) is 24.3 Å². The lowest BCUT2D eigenvalue weighted by Gasteiger charge is -2.13. The van der Waals surface area contributed by atoms with Gasteiger partial charge in [0.2, 0.25) is 5.88 Å². The minimum Gasteiger partial charge on any atom is -0.434 e. The van der Waals surface area contributed by atoms with Crippen molar-refractivity contribution in [3.8, 4) is 22.9 Å². The van der Waals surface area contributed by atoms with Gasteiger partial charge in [0.05, 0.1) is 16.2 Å². The van der Waals surface area contributed by atoms with Gasteiger partial charge in [0.25, 0.3) is 11.1 Å². The van der Waals surface area contributed by atoms with Gasteiger partial charge in [0.15, 0.2) is 11.4 Å². The van der Waals surface area contributed by atoms with Crippen LogP contribution in [0, 0.1) is 0 Å². The van der Waals surface area contributed by atoms with Gasteiger partial charge < -0.3 is 9.30 Å². The molecule has 0 aliphatic carbocycles. The zero-order valence-electron chi connectivity index (χ0n) is 16.0. The molecule has 0 fully saturated rings. The van der Waals surface area contributed by atoms with Crippen molar-refractivity contribution in [2.24, 2.45) is 14.1 Å². The molecule has 0 unspecified atom stereocenters. The molecule has 0 saturated carbocycles. The minimum atomic E-state index is -0.671. The molecule has 3 rings (SSSR count). The van der Waals surface area contributed by atoms with E-state index in [1.54, 1.807) is 7.05 Å². The molecular weight excluding hydrogens is 421 g/mol. The molecule has 0 aliphatic heterocycles. The molecule has 0 aliphatic rings. The largest absolute Gasteiger partial charge is 0.434 e. The van der Waals surface area contributed by atoms with Crippen LogP contribution in [0.1, 0.15) is 25.5 Å². The Kier molecular flexibility index (Phi) is 5.63. The van der Waals surface area contributed by atoms with Gasteiger partial charge in [-0.3, -0.25) is 14.6 Å². The van der Waals surface area contributed by atoms with Crippen molar-refractivity contribution in [1.82, 2.24) is 24.3 Å². The van der Waals surface area contributed by atoms with Crippen LogP contribution in [0.2, 0.25) is 10.0 Å². The number of aromatic nitrogens is 5. The first-order valence-electron chi connectivity index (χ1n) is 8.51. The Bertz CT molecular complexity index is 1250. The van der Waals surface area contributed by atoms with Gasteiger partial charge in [-0.15, -0.1) is 0 Å². The third-order valence-electron chi connectivity index (χ3n) is 4.08. The lowest BCUT2D eigenvalue weighted by molar-refractivity contribution is 0.450. The van der Waals surface area contributed by atoms with E-state index in [-0.39, 0.29) is 38.8 Å². The summed E-state index contributed by atoms with van der Waals surface area (Å²) in [5, 5.41) is 4.15. The maximum Gasteiger partial charge on any atom is 0.344 e. The number of hydrogen-bond donors (Lipinski definition) is 1. The number of benzene rings is 1. The highest BCUT2D eigenvalue weighted by molar-refractivity contribution is 6.37. The predicted octanol–water partition coefficient (Wildman–Crippen LogP) is 2.45. The van der Waals surface area contributed by atoms with Gasteiger partial charge in [-0.25, -0.2) is 14.5 Å². The summed E-state index contributed by atoms with van der Waals surface area (Å²) in [6, 6.07) is 2.88. The Morgan fingerprint density at radius 2 is 1.72 bits per heavy atom. The molecule has 0 saturated heterocycles.